The fourth-order valence-corrected chi connectivity index (χ4v) is 4.15. The Kier molecular flexibility index (Phi) is 4.48. The maximum Gasteiger partial charge on any atom is 0.177 e. The minimum absolute atomic E-state index is 0.118. The molecule has 2 fully saturated rings. The lowest BCUT2D eigenvalue weighted by molar-refractivity contribution is -0.113. The standard InChI is InChI=1S/C18H21BrN4O3/c19-14-2-1-13(8-15(14)26)23-16(20-21-17(23)10-24)7-12-3-6-22(9-12)18(11-25)4-5-18/h1-2,8,10-12,17,21,26H,3-7,9H2/t12-,17?/m0/s1. The first-order chi connectivity index (χ1) is 12.6. The van der Waals surface area contributed by atoms with Gasteiger partial charge < -0.3 is 9.90 Å². The van der Waals surface area contributed by atoms with Crippen LogP contribution in [0.2, 0.25) is 0 Å². The Morgan fingerprint density at radius 2 is 2.19 bits per heavy atom. The van der Waals surface area contributed by atoms with Crippen LogP contribution in [0.4, 0.5) is 5.69 Å². The van der Waals surface area contributed by atoms with Crippen molar-refractivity contribution in [2.45, 2.75) is 37.4 Å². The summed E-state index contributed by atoms with van der Waals surface area (Å²) in [5, 5.41) is 14.4. The van der Waals surface area contributed by atoms with E-state index in [-0.39, 0.29) is 11.3 Å². The van der Waals surface area contributed by atoms with E-state index in [0.29, 0.717) is 16.1 Å². The number of carbonyl (C=O) groups excluding carboxylic acids is 2. The second kappa shape index (κ2) is 6.66. The highest BCUT2D eigenvalue weighted by Crippen LogP contribution is 2.43. The van der Waals surface area contributed by atoms with Crippen LogP contribution in [0.15, 0.2) is 27.8 Å². The smallest absolute Gasteiger partial charge is 0.177 e. The van der Waals surface area contributed by atoms with Crippen molar-refractivity contribution < 1.29 is 14.7 Å². The molecule has 2 aliphatic heterocycles. The zero-order chi connectivity index (χ0) is 18.3. The van der Waals surface area contributed by atoms with Gasteiger partial charge in [-0.1, -0.05) is 0 Å². The molecule has 7 nitrogen and oxygen atoms in total. The van der Waals surface area contributed by atoms with Crippen LogP contribution in [-0.4, -0.2) is 53.2 Å². The van der Waals surface area contributed by atoms with Crippen LogP contribution in [0.5, 0.6) is 5.75 Å². The van der Waals surface area contributed by atoms with Crippen LogP contribution in [0.1, 0.15) is 25.7 Å². The van der Waals surface area contributed by atoms with E-state index < -0.39 is 6.17 Å². The van der Waals surface area contributed by atoms with Crippen LogP contribution < -0.4 is 10.3 Å². The number of hydrazone groups is 1. The average Bonchev–Trinajstić information content (AvgIpc) is 3.12. The van der Waals surface area contributed by atoms with Crippen LogP contribution in [0.25, 0.3) is 0 Å². The summed E-state index contributed by atoms with van der Waals surface area (Å²) in [5.74, 6) is 1.30. The number of benzene rings is 1. The number of amidine groups is 1. The van der Waals surface area contributed by atoms with Crippen LogP contribution in [0.3, 0.4) is 0 Å². The largest absolute Gasteiger partial charge is 0.507 e. The van der Waals surface area contributed by atoms with Gasteiger partial charge in [0, 0.05) is 24.7 Å². The second-order valence-electron chi connectivity index (χ2n) is 7.27. The van der Waals surface area contributed by atoms with Gasteiger partial charge in [0.05, 0.1) is 10.0 Å². The number of halogens is 1. The monoisotopic (exact) mass is 420 g/mol. The van der Waals surface area contributed by atoms with E-state index in [4.69, 9.17) is 0 Å². The molecular weight excluding hydrogens is 400 g/mol. The van der Waals surface area contributed by atoms with E-state index in [2.05, 4.69) is 31.4 Å². The minimum Gasteiger partial charge on any atom is -0.507 e. The van der Waals surface area contributed by atoms with Gasteiger partial charge in [-0.05, 0) is 59.8 Å². The lowest BCUT2D eigenvalue weighted by Gasteiger charge is -2.26. The van der Waals surface area contributed by atoms with Gasteiger partial charge in [-0.3, -0.25) is 20.0 Å². The van der Waals surface area contributed by atoms with Crippen molar-refractivity contribution in [3.63, 3.8) is 0 Å². The van der Waals surface area contributed by atoms with Crippen molar-refractivity contribution in [1.29, 1.82) is 0 Å². The first-order valence-electron chi connectivity index (χ1n) is 8.83. The number of rotatable bonds is 6. The summed E-state index contributed by atoms with van der Waals surface area (Å²) in [6.45, 7) is 1.81. The summed E-state index contributed by atoms with van der Waals surface area (Å²) in [7, 11) is 0. The van der Waals surface area contributed by atoms with E-state index in [0.717, 1.165) is 57.2 Å². The van der Waals surface area contributed by atoms with Gasteiger partial charge >= 0.3 is 0 Å². The highest BCUT2D eigenvalue weighted by atomic mass is 79.9. The quantitative estimate of drug-likeness (QED) is 0.683. The molecule has 1 aliphatic carbocycles. The molecule has 1 unspecified atom stereocenters. The molecule has 2 heterocycles. The van der Waals surface area contributed by atoms with Gasteiger partial charge in [0.1, 0.15) is 17.9 Å². The van der Waals surface area contributed by atoms with Crippen LogP contribution in [0, 0.1) is 5.92 Å². The molecule has 0 radical (unpaired) electrons. The van der Waals surface area contributed by atoms with E-state index in [9.17, 15) is 14.7 Å². The molecule has 1 aromatic rings. The SMILES string of the molecule is O=CC1NN=C(C[C@@H]2CCN(C3(C=O)CC3)C2)N1c1ccc(Br)c(O)c1. The summed E-state index contributed by atoms with van der Waals surface area (Å²) in [6, 6.07) is 5.21. The number of phenols is 1. The van der Waals surface area contributed by atoms with Crippen molar-refractivity contribution in [3.8, 4) is 5.75 Å². The lowest BCUT2D eigenvalue weighted by atomic mass is 10.0. The first-order valence-corrected chi connectivity index (χ1v) is 9.62. The Hall–Kier alpha value is -1.93. The topological polar surface area (TPSA) is 85.2 Å². The third-order valence-electron chi connectivity index (χ3n) is 5.59. The number of aromatic hydroxyl groups is 1. The van der Waals surface area contributed by atoms with Gasteiger partial charge in [0.2, 0.25) is 0 Å². The Morgan fingerprint density at radius 1 is 1.38 bits per heavy atom. The Bertz CT molecular complexity index is 765. The molecule has 2 atom stereocenters. The molecular formula is C18H21BrN4O3. The molecule has 3 aliphatic rings. The van der Waals surface area contributed by atoms with E-state index in [1.54, 1.807) is 12.1 Å². The van der Waals surface area contributed by atoms with Crippen molar-refractivity contribution in [2.75, 3.05) is 18.0 Å². The molecule has 26 heavy (non-hydrogen) atoms. The van der Waals surface area contributed by atoms with Crippen LogP contribution in [-0.2, 0) is 9.59 Å². The second-order valence-corrected chi connectivity index (χ2v) is 8.12. The first kappa shape index (κ1) is 17.5. The average molecular weight is 421 g/mol. The Balaban J connectivity index is 1.49. The number of likely N-dealkylation sites (tertiary alicyclic amines) is 1. The van der Waals surface area contributed by atoms with Crippen molar-refractivity contribution in [1.82, 2.24) is 10.3 Å². The molecule has 0 aromatic heterocycles. The number of carbonyl (C=O) groups is 2. The van der Waals surface area contributed by atoms with Gasteiger partial charge in [-0.25, -0.2) is 0 Å². The molecule has 1 aromatic carbocycles. The summed E-state index contributed by atoms with van der Waals surface area (Å²) < 4.78 is 0.601. The van der Waals surface area contributed by atoms with Gasteiger partial charge in [-0.2, -0.15) is 5.10 Å². The predicted molar refractivity (Wildman–Crippen MR) is 101 cm³/mol. The summed E-state index contributed by atoms with van der Waals surface area (Å²) in [4.78, 5) is 26.9. The van der Waals surface area contributed by atoms with E-state index >= 15 is 0 Å². The van der Waals surface area contributed by atoms with Crippen molar-refractivity contribution in [3.05, 3.63) is 22.7 Å². The van der Waals surface area contributed by atoms with E-state index in [1.165, 1.54) is 0 Å². The number of phenolic OH excluding ortho intramolecular Hbond substituents is 1. The molecule has 0 bridgehead atoms. The highest BCUT2D eigenvalue weighted by Gasteiger charge is 2.50. The van der Waals surface area contributed by atoms with Gasteiger partial charge in [0.25, 0.3) is 0 Å². The third-order valence-corrected chi connectivity index (χ3v) is 6.26. The zero-order valence-electron chi connectivity index (χ0n) is 14.3. The molecule has 138 valence electrons. The highest BCUT2D eigenvalue weighted by molar-refractivity contribution is 9.10. The third kappa shape index (κ3) is 3.01. The zero-order valence-corrected chi connectivity index (χ0v) is 15.9. The summed E-state index contributed by atoms with van der Waals surface area (Å²) >= 11 is 3.28. The number of anilines is 1. The maximum absolute atomic E-state index is 11.5. The Labute approximate surface area is 160 Å². The molecule has 2 N–H and O–H groups in total. The molecule has 1 saturated carbocycles. The maximum atomic E-state index is 11.5. The van der Waals surface area contributed by atoms with Gasteiger partial charge in [0.15, 0.2) is 12.5 Å². The predicted octanol–water partition coefficient (Wildman–Crippen LogP) is 1.85. The number of nitrogens with zero attached hydrogens (tertiary/aromatic N) is 3. The lowest BCUT2D eigenvalue weighted by Crippen LogP contribution is -2.42. The normalized spacial score (nSPS) is 27.1. The van der Waals surface area contributed by atoms with Crippen LogP contribution >= 0.6 is 15.9 Å². The molecule has 1 saturated heterocycles. The molecule has 8 heteroatoms. The number of hydrogen-bond donors (Lipinski definition) is 2. The number of hydrogen-bond acceptors (Lipinski definition) is 7. The minimum atomic E-state index is -0.576. The van der Waals surface area contributed by atoms with Crippen molar-refractivity contribution >= 4 is 40.0 Å². The van der Waals surface area contributed by atoms with Crippen molar-refractivity contribution in [2.24, 2.45) is 11.0 Å². The number of aldehydes is 2. The summed E-state index contributed by atoms with van der Waals surface area (Å²) in [5.41, 5.74) is 3.36. The van der Waals surface area contributed by atoms with Gasteiger partial charge in [-0.15, -0.1) is 0 Å². The summed E-state index contributed by atoms with van der Waals surface area (Å²) in [6.07, 6.45) is 4.99. The Morgan fingerprint density at radius 3 is 2.85 bits per heavy atom. The number of nitrogens with one attached hydrogen (secondary N) is 1. The molecule has 4 rings (SSSR count). The fourth-order valence-electron chi connectivity index (χ4n) is 3.91. The molecule has 0 amide bonds. The van der Waals surface area contributed by atoms with E-state index in [1.807, 2.05) is 11.0 Å². The molecule has 0 spiro atoms. The fraction of sp³-hybridized carbons (Fsp3) is 0.500.